The first-order chi connectivity index (χ1) is 11.1. The van der Waals surface area contributed by atoms with Gasteiger partial charge in [0, 0.05) is 29.1 Å². The van der Waals surface area contributed by atoms with E-state index >= 15 is 0 Å². The van der Waals surface area contributed by atoms with Crippen LogP contribution in [0.2, 0.25) is 5.02 Å². The Balaban J connectivity index is 1.87. The number of nitrogens with two attached hydrogens (primary N) is 1. The molecule has 0 aliphatic carbocycles. The lowest BCUT2D eigenvalue weighted by Gasteiger charge is -2.24. The lowest BCUT2D eigenvalue weighted by molar-refractivity contribution is 0.1000. The van der Waals surface area contributed by atoms with Gasteiger partial charge in [0.05, 0.1) is 5.02 Å². The molecule has 3 rings (SSSR count). The number of amides is 1. The van der Waals surface area contributed by atoms with Gasteiger partial charge in [-0.2, -0.15) is 0 Å². The zero-order chi connectivity index (χ0) is 16.4. The Morgan fingerprint density at radius 2 is 2.30 bits per heavy atom. The minimum Gasteiger partial charge on any atom is -0.483 e. The molecular weight excluding hydrogens is 332 g/mol. The summed E-state index contributed by atoms with van der Waals surface area (Å²) >= 11 is 8.04. The number of carbonyl (C=O) groups excluding carboxylic acids is 1. The molecule has 122 valence electrons. The fourth-order valence-corrected chi connectivity index (χ4v) is 3.96. The maximum Gasteiger partial charge on any atom is 0.248 e. The van der Waals surface area contributed by atoms with Crippen LogP contribution >= 0.6 is 22.9 Å². The van der Waals surface area contributed by atoms with Gasteiger partial charge in [-0.05, 0) is 42.6 Å². The summed E-state index contributed by atoms with van der Waals surface area (Å²) in [5.41, 5.74) is 6.90. The van der Waals surface area contributed by atoms with Crippen LogP contribution in [-0.2, 0) is 6.42 Å². The smallest absolute Gasteiger partial charge is 0.248 e. The van der Waals surface area contributed by atoms with E-state index in [-0.39, 0.29) is 6.10 Å². The maximum absolute atomic E-state index is 11.2. The van der Waals surface area contributed by atoms with E-state index in [0.29, 0.717) is 16.3 Å². The lowest BCUT2D eigenvalue weighted by Crippen LogP contribution is -2.30. The minimum atomic E-state index is -0.495. The molecule has 2 N–H and O–H groups in total. The van der Waals surface area contributed by atoms with Gasteiger partial charge >= 0.3 is 0 Å². The number of hydrogen-bond acceptors (Lipinski definition) is 4. The fourth-order valence-electron chi connectivity index (χ4n) is 2.82. The zero-order valence-electron chi connectivity index (χ0n) is 12.9. The minimum absolute atomic E-state index is 0.0596. The Labute approximate surface area is 144 Å². The van der Waals surface area contributed by atoms with E-state index < -0.39 is 5.91 Å². The molecular formula is C17H19ClN2O2S. The topological polar surface area (TPSA) is 55.6 Å². The number of primary amides is 1. The maximum atomic E-state index is 11.2. The summed E-state index contributed by atoms with van der Waals surface area (Å²) in [5, 5.41) is 2.52. The molecule has 1 amide bonds. The van der Waals surface area contributed by atoms with Gasteiger partial charge in [0.1, 0.15) is 11.9 Å². The lowest BCUT2D eigenvalue weighted by atomic mass is 10.1. The van der Waals surface area contributed by atoms with E-state index in [1.165, 1.54) is 10.4 Å². The number of rotatable bonds is 4. The van der Waals surface area contributed by atoms with Crippen LogP contribution in [-0.4, -0.2) is 30.4 Å². The molecule has 0 bridgehead atoms. The average molecular weight is 351 g/mol. The van der Waals surface area contributed by atoms with Gasteiger partial charge in [0.15, 0.2) is 0 Å². The molecule has 0 fully saturated rings. The van der Waals surface area contributed by atoms with E-state index in [9.17, 15) is 4.79 Å². The van der Waals surface area contributed by atoms with Crippen molar-refractivity contribution in [2.75, 3.05) is 19.6 Å². The Kier molecular flexibility index (Phi) is 4.90. The molecule has 6 heteroatoms. The second-order valence-electron chi connectivity index (χ2n) is 5.56. The number of thiophene rings is 1. The number of fused-ring (bicyclic) bond motifs is 1. The van der Waals surface area contributed by atoms with Crippen LogP contribution in [0.15, 0.2) is 29.6 Å². The number of halogens is 1. The second-order valence-corrected chi connectivity index (χ2v) is 6.97. The molecule has 1 unspecified atom stereocenters. The van der Waals surface area contributed by atoms with Crippen LogP contribution in [0.1, 0.15) is 33.8 Å². The highest BCUT2D eigenvalue weighted by molar-refractivity contribution is 7.10. The van der Waals surface area contributed by atoms with Crippen LogP contribution < -0.4 is 10.5 Å². The quantitative estimate of drug-likeness (QED) is 0.918. The Hall–Kier alpha value is -1.56. The van der Waals surface area contributed by atoms with E-state index in [1.807, 2.05) is 0 Å². The third-order valence-corrected chi connectivity index (χ3v) is 5.43. The number of nitrogens with zero attached hydrogens (tertiary/aromatic N) is 1. The number of hydrogen-bond donors (Lipinski definition) is 1. The number of benzene rings is 1. The van der Waals surface area contributed by atoms with Gasteiger partial charge in [-0.25, -0.2) is 0 Å². The summed E-state index contributed by atoms with van der Waals surface area (Å²) in [4.78, 5) is 15.0. The molecule has 2 aromatic rings. The molecule has 23 heavy (non-hydrogen) atoms. The van der Waals surface area contributed by atoms with Crippen molar-refractivity contribution in [3.8, 4) is 5.75 Å². The van der Waals surface area contributed by atoms with Crippen molar-refractivity contribution in [3.05, 3.63) is 50.7 Å². The van der Waals surface area contributed by atoms with Crippen LogP contribution in [0.3, 0.4) is 0 Å². The van der Waals surface area contributed by atoms with Gasteiger partial charge in [-0.1, -0.05) is 18.5 Å². The molecule has 2 heterocycles. The largest absolute Gasteiger partial charge is 0.483 e. The Bertz CT molecular complexity index is 716. The molecule has 1 aliphatic heterocycles. The third-order valence-electron chi connectivity index (χ3n) is 4.14. The fraction of sp³-hybridized carbons (Fsp3) is 0.353. The summed E-state index contributed by atoms with van der Waals surface area (Å²) in [6.07, 6.45) is 0.991. The van der Waals surface area contributed by atoms with Gasteiger partial charge in [-0.3, -0.25) is 9.69 Å². The van der Waals surface area contributed by atoms with E-state index in [1.54, 1.807) is 29.5 Å². The van der Waals surface area contributed by atoms with Crippen LogP contribution in [0.25, 0.3) is 0 Å². The number of likely N-dealkylation sites (N-methyl/N-ethyl adjacent to an activating group) is 1. The summed E-state index contributed by atoms with van der Waals surface area (Å²) in [5.74, 6) is 0.0852. The highest BCUT2D eigenvalue weighted by Crippen LogP contribution is 2.34. The molecule has 1 aromatic carbocycles. The molecule has 0 saturated heterocycles. The van der Waals surface area contributed by atoms with Gasteiger partial charge < -0.3 is 10.5 Å². The molecule has 1 atom stereocenters. The monoisotopic (exact) mass is 350 g/mol. The van der Waals surface area contributed by atoms with Gasteiger partial charge in [0.2, 0.25) is 5.91 Å². The van der Waals surface area contributed by atoms with E-state index in [2.05, 4.69) is 23.3 Å². The summed E-state index contributed by atoms with van der Waals surface area (Å²) < 4.78 is 6.20. The van der Waals surface area contributed by atoms with Crippen LogP contribution in [0, 0.1) is 0 Å². The first kappa shape index (κ1) is 16.3. The first-order valence-electron chi connectivity index (χ1n) is 7.63. The molecule has 1 aliphatic rings. The van der Waals surface area contributed by atoms with Crippen molar-refractivity contribution < 1.29 is 9.53 Å². The van der Waals surface area contributed by atoms with Gasteiger partial charge in [0.25, 0.3) is 0 Å². The van der Waals surface area contributed by atoms with E-state index in [4.69, 9.17) is 22.1 Å². The van der Waals surface area contributed by atoms with Crippen molar-refractivity contribution in [2.24, 2.45) is 5.73 Å². The Morgan fingerprint density at radius 3 is 3.00 bits per heavy atom. The normalized spacial score (nSPS) is 18.3. The SMILES string of the molecule is CCN1CCc2sccc2C(Oc2ccc(C(N)=O)cc2Cl)C1. The average Bonchev–Trinajstić information content (AvgIpc) is 2.93. The van der Waals surface area contributed by atoms with Crippen molar-refractivity contribution in [3.63, 3.8) is 0 Å². The highest BCUT2D eigenvalue weighted by atomic mass is 35.5. The summed E-state index contributed by atoms with van der Waals surface area (Å²) in [7, 11) is 0. The Morgan fingerprint density at radius 1 is 1.48 bits per heavy atom. The summed E-state index contributed by atoms with van der Waals surface area (Å²) in [6, 6.07) is 7.06. The molecule has 0 saturated carbocycles. The van der Waals surface area contributed by atoms with E-state index in [0.717, 1.165) is 26.1 Å². The zero-order valence-corrected chi connectivity index (χ0v) is 14.5. The van der Waals surface area contributed by atoms with Crippen molar-refractivity contribution in [1.29, 1.82) is 0 Å². The second kappa shape index (κ2) is 6.91. The third kappa shape index (κ3) is 3.52. The molecule has 0 radical (unpaired) electrons. The van der Waals surface area contributed by atoms with Crippen LogP contribution in [0.5, 0.6) is 5.75 Å². The van der Waals surface area contributed by atoms with Gasteiger partial charge in [-0.15, -0.1) is 11.3 Å². The van der Waals surface area contributed by atoms with Crippen molar-refractivity contribution >= 4 is 28.8 Å². The number of ether oxygens (including phenoxy) is 1. The number of carbonyl (C=O) groups is 1. The standard InChI is InChI=1S/C17H19ClN2O2S/c1-2-20-7-5-16-12(6-8-23-16)15(10-20)22-14-4-3-11(17(19)21)9-13(14)18/h3-4,6,8-9,15H,2,5,7,10H2,1H3,(H2,19,21). The first-order valence-corrected chi connectivity index (χ1v) is 8.89. The highest BCUT2D eigenvalue weighted by Gasteiger charge is 2.25. The van der Waals surface area contributed by atoms with Crippen molar-refractivity contribution in [1.82, 2.24) is 4.90 Å². The van der Waals surface area contributed by atoms with Crippen LogP contribution in [0.4, 0.5) is 0 Å². The molecule has 1 aromatic heterocycles. The molecule has 0 spiro atoms. The predicted molar refractivity (Wildman–Crippen MR) is 93.5 cm³/mol. The van der Waals surface area contributed by atoms with Crippen molar-refractivity contribution in [2.45, 2.75) is 19.4 Å². The summed E-state index contributed by atoms with van der Waals surface area (Å²) in [6.45, 7) is 5.01. The molecule has 4 nitrogen and oxygen atoms in total. The predicted octanol–water partition coefficient (Wildman–Crippen LogP) is 3.50.